The molecule has 0 radical (unpaired) electrons. The number of hydrogen-bond donors (Lipinski definition) is 0. The molecule has 0 spiro atoms. The van der Waals surface area contributed by atoms with Gasteiger partial charge in [-0.15, -0.1) is 0 Å². The van der Waals surface area contributed by atoms with Crippen LogP contribution in [0.15, 0.2) is 60.7 Å². The van der Waals surface area contributed by atoms with E-state index in [9.17, 15) is 4.79 Å². The van der Waals surface area contributed by atoms with Gasteiger partial charge in [0, 0.05) is 17.8 Å². The highest BCUT2D eigenvalue weighted by Crippen LogP contribution is 2.44. The Morgan fingerprint density at radius 3 is 1.84 bits per heavy atom. The molecular formula is C26H36BrNO3Si. The van der Waals surface area contributed by atoms with E-state index >= 15 is 0 Å². The molecule has 4 nitrogen and oxygen atoms in total. The van der Waals surface area contributed by atoms with E-state index < -0.39 is 19.6 Å². The summed E-state index contributed by atoms with van der Waals surface area (Å²) in [6.45, 7) is 15.0. The number of halogens is 1. The topological polar surface area (TPSA) is 38.8 Å². The number of ether oxygens (including phenoxy) is 1. The summed E-state index contributed by atoms with van der Waals surface area (Å²) in [6, 6.07) is 21.1. The van der Waals surface area contributed by atoms with E-state index in [4.69, 9.17) is 9.16 Å². The van der Waals surface area contributed by atoms with Crippen molar-refractivity contribution < 1.29 is 14.0 Å². The molecular weight excluding hydrogens is 482 g/mol. The second-order valence-electron chi connectivity index (χ2n) is 10.8. The lowest BCUT2D eigenvalue weighted by Crippen LogP contribution is -2.71. The van der Waals surface area contributed by atoms with Crippen LogP contribution in [0.25, 0.3) is 0 Å². The Hall–Kier alpha value is -1.63. The lowest BCUT2D eigenvalue weighted by atomic mass is 10.2. The number of carbonyl (C=O) groups is 1. The Morgan fingerprint density at radius 1 is 0.969 bits per heavy atom. The first kappa shape index (κ1) is 25.0. The van der Waals surface area contributed by atoms with E-state index in [2.05, 4.69) is 85.2 Å². The minimum Gasteiger partial charge on any atom is -0.444 e. The van der Waals surface area contributed by atoms with Gasteiger partial charge in [0.1, 0.15) is 11.3 Å². The molecule has 0 unspecified atom stereocenters. The average Bonchev–Trinajstić information content (AvgIpc) is 2.99. The summed E-state index contributed by atoms with van der Waals surface area (Å²) in [6.07, 6.45) is 0.358. The molecule has 0 aromatic heterocycles. The molecule has 0 N–H and O–H groups in total. The first-order valence-electron chi connectivity index (χ1n) is 11.2. The second-order valence-corrected chi connectivity index (χ2v) is 16.3. The van der Waals surface area contributed by atoms with Crippen molar-refractivity contribution >= 4 is 40.7 Å². The van der Waals surface area contributed by atoms with Gasteiger partial charge in [-0.1, -0.05) is 97.4 Å². The molecule has 2 aromatic carbocycles. The molecule has 1 amide bonds. The van der Waals surface area contributed by atoms with Gasteiger partial charge < -0.3 is 9.16 Å². The third-order valence-electron chi connectivity index (χ3n) is 5.96. The van der Waals surface area contributed by atoms with E-state index in [0.717, 1.165) is 0 Å². The summed E-state index contributed by atoms with van der Waals surface area (Å²) in [5.41, 5.74) is -1.37. The van der Waals surface area contributed by atoms with Crippen molar-refractivity contribution in [3.8, 4) is 0 Å². The van der Waals surface area contributed by atoms with E-state index in [1.165, 1.54) is 10.4 Å². The lowest BCUT2D eigenvalue weighted by molar-refractivity contribution is -0.0602. The number of rotatable bonds is 4. The van der Waals surface area contributed by atoms with Gasteiger partial charge in [0.25, 0.3) is 8.32 Å². The third-order valence-corrected chi connectivity index (χ3v) is 11.7. The summed E-state index contributed by atoms with van der Waals surface area (Å²) in [7, 11) is -2.83. The van der Waals surface area contributed by atoms with Crippen LogP contribution >= 0.6 is 15.9 Å². The monoisotopic (exact) mass is 517 g/mol. The third kappa shape index (κ3) is 4.97. The molecule has 0 aliphatic carbocycles. The standard InChI is InChI=1S/C26H36BrNO3Si/c1-24(2,3)30-23(29)28-19-20(27)18-26(28,7)31-32(25(4,5)6,21-14-10-8-11-15-21)22-16-12-9-13-17-22/h8-17,20H,18-19H2,1-7H3/t20-,26+/m1/s1. The van der Waals surface area contributed by atoms with E-state index in [0.29, 0.717) is 13.0 Å². The highest BCUT2D eigenvalue weighted by atomic mass is 79.9. The van der Waals surface area contributed by atoms with Gasteiger partial charge >= 0.3 is 6.09 Å². The normalized spacial score (nSPS) is 22.1. The van der Waals surface area contributed by atoms with Gasteiger partial charge in [0.15, 0.2) is 0 Å². The molecule has 174 valence electrons. The van der Waals surface area contributed by atoms with E-state index in [1.54, 1.807) is 4.90 Å². The average molecular weight is 519 g/mol. The summed E-state index contributed by atoms with van der Waals surface area (Å²) in [5.74, 6) is 0. The Labute approximate surface area is 202 Å². The predicted molar refractivity (Wildman–Crippen MR) is 137 cm³/mol. The minimum absolute atomic E-state index is 0.137. The SMILES string of the molecule is CC(C)(C)OC(=O)N1C[C@H](Br)C[C@]1(C)O[Si](c1ccccc1)(c1ccccc1)C(C)(C)C. The highest BCUT2D eigenvalue weighted by Gasteiger charge is 2.57. The maximum Gasteiger partial charge on any atom is 0.412 e. The molecule has 1 aliphatic rings. The first-order valence-corrected chi connectivity index (χ1v) is 14.1. The van der Waals surface area contributed by atoms with Gasteiger partial charge in [-0.05, 0) is 43.1 Å². The minimum atomic E-state index is -2.83. The zero-order valence-electron chi connectivity index (χ0n) is 20.3. The van der Waals surface area contributed by atoms with Crippen LogP contribution in [0.5, 0.6) is 0 Å². The van der Waals surface area contributed by atoms with Crippen molar-refractivity contribution in [2.75, 3.05) is 6.54 Å². The van der Waals surface area contributed by atoms with E-state index in [-0.39, 0.29) is 16.0 Å². The van der Waals surface area contributed by atoms with Crippen LogP contribution in [-0.2, 0) is 9.16 Å². The molecule has 0 saturated carbocycles. The summed E-state index contributed by atoms with van der Waals surface area (Å²) in [5, 5.41) is 2.21. The van der Waals surface area contributed by atoms with Crippen molar-refractivity contribution in [2.45, 2.75) is 76.1 Å². The Morgan fingerprint density at radius 2 is 1.44 bits per heavy atom. The molecule has 0 bridgehead atoms. The van der Waals surface area contributed by atoms with Crippen molar-refractivity contribution in [3.63, 3.8) is 0 Å². The second kappa shape index (κ2) is 8.96. The number of carbonyl (C=O) groups excluding carboxylic acids is 1. The number of alkyl halides is 1. The fourth-order valence-corrected chi connectivity index (χ4v) is 10.3. The molecule has 2 aromatic rings. The molecule has 6 heteroatoms. The quantitative estimate of drug-likeness (QED) is 0.386. The molecule has 2 atom stereocenters. The smallest absolute Gasteiger partial charge is 0.412 e. The Balaban J connectivity index is 2.17. The maximum absolute atomic E-state index is 13.2. The molecule has 1 heterocycles. The maximum atomic E-state index is 13.2. The fourth-order valence-electron chi connectivity index (χ4n) is 4.64. The van der Waals surface area contributed by atoms with Crippen LogP contribution in [0.4, 0.5) is 4.79 Å². The molecule has 3 rings (SSSR count). The van der Waals surface area contributed by atoms with Crippen LogP contribution in [0.2, 0.25) is 5.04 Å². The van der Waals surface area contributed by atoms with Crippen LogP contribution in [0.3, 0.4) is 0 Å². The van der Waals surface area contributed by atoms with Crippen molar-refractivity contribution in [1.29, 1.82) is 0 Å². The van der Waals surface area contributed by atoms with Crippen LogP contribution in [0, 0.1) is 0 Å². The molecule has 1 fully saturated rings. The van der Waals surface area contributed by atoms with Crippen LogP contribution in [0.1, 0.15) is 54.9 Å². The van der Waals surface area contributed by atoms with Crippen LogP contribution in [-0.4, -0.2) is 42.0 Å². The van der Waals surface area contributed by atoms with Crippen LogP contribution < -0.4 is 10.4 Å². The van der Waals surface area contributed by atoms with Crippen molar-refractivity contribution in [2.24, 2.45) is 0 Å². The number of likely N-dealkylation sites (tertiary alicyclic amines) is 1. The molecule has 1 aliphatic heterocycles. The van der Waals surface area contributed by atoms with E-state index in [1.807, 2.05) is 39.8 Å². The number of hydrogen-bond acceptors (Lipinski definition) is 3. The first-order chi connectivity index (χ1) is 14.8. The fraction of sp³-hybridized carbons (Fsp3) is 0.500. The highest BCUT2D eigenvalue weighted by molar-refractivity contribution is 9.09. The molecule has 32 heavy (non-hydrogen) atoms. The summed E-state index contributed by atoms with van der Waals surface area (Å²) < 4.78 is 13.2. The van der Waals surface area contributed by atoms with Crippen molar-refractivity contribution in [3.05, 3.63) is 60.7 Å². The van der Waals surface area contributed by atoms with Gasteiger partial charge in [0.05, 0.1) is 0 Å². The number of amides is 1. The summed E-state index contributed by atoms with van der Waals surface area (Å²) >= 11 is 3.76. The summed E-state index contributed by atoms with van der Waals surface area (Å²) in [4.78, 5) is 15.2. The predicted octanol–water partition coefficient (Wildman–Crippen LogP) is 5.68. The van der Waals surface area contributed by atoms with Gasteiger partial charge in [0.2, 0.25) is 0 Å². The zero-order chi connectivity index (χ0) is 23.8. The van der Waals surface area contributed by atoms with Gasteiger partial charge in [-0.2, -0.15) is 0 Å². The Kier molecular flexibility index (Phi) is 7.00. The lowest BCUT2D eigenvalue weighted by Gasteiger charge is -2.49. The van der Waals surface area contributed by atoms with Gasteiger partial charge in [-0.3, -0.25) is 4.90 Å². The van der Waals surface area contributed by atoms with Crippen molar-refractivity contribution in [1.82, 2.24) is 4.90 Å². The zero-order valence-corrected chi connectivity index (χ0v) is 22.9. The Bertz CT molecular complexity index is 884. The number of benzene rings is 2. The molecule has 1 saturated heterocycles. The largest absolute Gasteiger partial charge is 0.444 e. The number of nitrogens with zero attached hydrogens (tertiary/aromatic N) is 1. The van der Waals surface area contributed by atoms with Gasteiger partial charge in [-0.25, -0.2) is 4.79 Å².